The molecule has 1 atom stereocenters. The van der Waals surface area contributed by atoms with E-state index in [9.17, 15) is 32.7 Å². The molecule has 1 unspecified atom stereocenters. The standard InChI is InChI=1S/C25H23F3N2O5/c26-25(27,28)23(21(32)33)11-12-30(14-23)20(31)24(9-10-24)29-22(34)35-13-19-17-7-3-1-5-15(17)16-6-2-4-8-18(16)19/h1-8,19H,9-14H2,(H,29,34)(H,32,33). The van der Waals surface area contributed by atoms with Gasteiger partial charge in [0.25, 0.3) is 0 Å². The Labute approximate surface area is 198 Å². The topological polar surface area (TPSA) is 95.9 Å². The van der Waals surface area contributed by atoms with E-state index in [1.807, 2.05) is 48.5 Å². The highest BCUT2D eigenvalue weighted by Gasteiger charge is 2.66. The number of halogens is 3. The van der Waals surface area contributed by atoms with Crippen LogP contribution in [0, 0.1) is 5.41 Å². The van der Waals surface area contributed by atoms with Crippen molar-refractivity contribution in [3.8, 4) is 11.1 Å². The number of ether oxygens (including phenoxy) is 1. The van der Waals surface area contributed by atoms with Crippen LogP contribution in [0.1, 0.15) is 36.3 Å². The van der Waals surface area contributed by atoms with Crippen LogP contribution in [0.2, 0.25) is 0 Å². The SMILES string of the molecule is O=C(NC1(C(=O)N2CCC(C(=O)O)(C(F)(F)F)C2)CC1)OCC1c2ccccc2-c2ccccc21. The van der Waals surface area contributed by atoms with Crippen molar-refractivity contribution in [1.29, 1.82) is 0 Å². The number of hydrogen-bond acceptors (Lipinski definition) is 4. The maximum Gasteiger partial charge on any atom is 0.408 e. The lowest BCUT2D eigenvalue weighted by Crippen LogP contribution is -2.53. The fraction of sp³-hybridized carbons (Fsp3) is 0.400. The number of nitrogens with one attached hydrogen (secondary N) is 1. The third kappa shape index (κ3) is 3.71. The van der Waals surface area contributed by atoms with Gasteiger partial charge in [-0.2, -0.15) is 13.2 Å². The van der Waals surface area contributed by atoms with Crippen LogP contribution in [0.3, 0.4) is 0 Å². The molecule has 2 amide bonds. The number of alkyl carbamates (subject to hydrolysis) is 1. The number of alkyl halides is 3. The Morgan fingerprint density at radius 2 is 1.57 bits per heavy atom. The Balaban J connectivity index is 1.24. The summed E-state index contributed by atoms with van der Waals surface area (Å²) in [4.78, 5) is 37.9. The summed E-state index contributed by atoms with van der Waals surface area (Å²) in [7, 11) is 0. The molecular formula is C25H23F3N2O5. The van der Waals surface area contributed by atoms with Gasteiger partial charge in [-0.1, -0.05) is 48.5 Å². The molecule has 10 heteroatoms. The van der Waals surface area contributed by atoms with Gasteiger partial charge in [0.05, 0.1) is 0 Å². The number of likely N-dealkylation sites (tertiary alicyclic amines) is 1. The van der Waals surface area contributed by atoms with Crippen molar-refractivity contribution < 1.29 is 37.4 Å². The van der Waals surface area contributed by atoms with Crippen molar-refractivity contribution in [3.63, 3.8) is 0 Å². The molecule has 5 rings (SSSR count). The van der Waals surface area contributed by atoms with Crippen molar-refractivity contribution in [1.82, 2.24) is 10.2 Å². The molecule has 1 saturated heterocycles. The van der Waals surface area contributed by atoms with E-state index in [1.54, 1.807) is 0 Å². The lowest BCUT2D eigenvalue weighted by molar-refractivity contribution is -0.227. The number of carbonyl (C=O) groups excluding carboxylic acids is 2. The van der Waals surface area contributed by atoms with Crippen LogP contribution >= 0.6 is 0 Å². The first-order valence-corrected chi connectivity index (χ1v) is 11.3. The number of aliphatic carboxylic acids is 1. The number of hydrogen-bond donors (Lipinski definition) is 2. The predicted molar refractivity (Wildman–Crippen MR) is 117 cm³/mol. The van der Waals surface area contributed by atoms with Crippen LogP contribution in [0.4, 0.5) is 18.0 Å². The fourth-order valence-electron chi connectivity index (χ4n) is 5.16. The molecule has 2 fully saturated rings. The van der Waals surface area contributed by atoms with E-state index < -0.39 is 48.1 Å². The molecule has 2 aliphatic carbocycles. The van der Waals surface area contributed by atoms with Crippen molar-refractivity contribution >= 4 is 18.0 Å². The number of fused-ring (bicyclic) bond motifs is 3. The molecule has 35 heavy (non-hydrogen) atoms. The Bertz CT molecular complexity index is 1160. The predicted octanol–water partition coefficient (Wildman–Crippen LogP) is 3.92. The van der Waals surface area contributed by atoms with E-state index in [2.05, 4.69) is 5.32 Å². The van der Waals surface area contributed by atoms with Crippen LogP contribution in [-0.4, -0.2) is 59.4 Å². The minimum Gasteiger partial charge on any atom is -0.481 e. The second kappa shape index (κ2) is 8.00. The number of nitrogens with zero attached hydrogens (tertiary/aromatic N) is 1. The maximum atomic E-state index is 13.5. The lowest BCUT2D eigenvalue weighted by Gasteiger charge is -2.28. The summed E-state index contributed by atoms with van der Waals surface area (Å²) >= 11 is 0. The molecule has 0 radical (unpaired) electrons. The van der Waals surface area contributed by atoms with Crippen molar-refractivity contribution in [3.05, 3.63) is 59.7 Å². The molecule has 1 saturated carbocycles. The molecule has 0 bridgehead atoms. The first kappa shape index (κ1) is 23.2. The minimum absolute atomic E-state index is 0.0318. The van der Waals surface area contributed by atoms with Crippen molar-refractivity contribution in [2.24, 2.45) is 5.41 Å². The monoisotopic (exact) mass is 488 g/mol. The summed E-state index contributed by atoms with van der Waals surface area (Å²) in [5, 5.41) is 11.8. The van der Waals surface area contributed by atoms with Crippen LogP contribution < -0.4 is 5.32 Å². The Morgan fingerprint density at radius 3 is 2.06 bits per heavy atom. The number of carbonyl (C=O) groups is 3. The second-order valence-corrected chi connectivity index (χ2v) is 9.39. The van der Waals surface area contributed by atoms with Gasteiger partial charge in [0.15, 0.2) is 5.41 Å². The quantitative estimate of drug-likeness (QED) is 0.665. The summed E-state index contributed by atoms with van der Waals surface area (Å²) in [6.07, 6.45) is -6.06. The summed E-state index contributed by atoms with van der Waals surface area (Å²) in [6, 6.07) is 15.6. The smallest absolute Gasteiger partial charge is 0.408 e. The van der Waals surface area contributed by atoms with Gasteiger partial charge in [0.1, 0.15) is 12.1 Å². The molecule has 0 aromatic heterocycles. The number of benzene rings is 2. The van der Waals surface area contributed by atoms with E-state index in [0.717, 1.165) is 27.2 Å². The Kier molecular flexibility index (Phi) is 5.30. The zero-order valence-electron chi connectivity index (χ0n) is 18.6. The first-order chi connectivity index (χ1) is 16.6. The first-order valence-electron chi connectivity index (χ1n) is 11.3. The molecule has 1 heterocycles. The van der Waals surface area contributed by atoms with E-state index in [0.29, 0.717) is 0 Å². The van der Waals surface area contributed by atoms with Gasteiger partial charge in [-0.25, -0.2) is 4.79 Å². The lowest BCUT2D eigenvalue weighted by atomic mass is 9.86. The van der Waals surface area contributed by atoms with Crippen LogP contribution in [0.25, 0.3) is 11.1 Å². The highest BCUT2D eigenvalue weighted by atomic mass is 19.4. The zero-order valence-corrected chi connectivity index (χ0v) is 18.6. The molecular weight excluding hydrogens is 465 g/mol. The maximum absolute atomic E-state index is 13.5. The molecule has 3 aliphatic rings. The highest BCUT2D eigenvalue weighted by molar-refractivity contribution is 5.94. The van der Waals surface area contributed by atoms with Gasteiger partial charge >= 0.3 is 18.2 Å². The van der Waals surface area contributed by atoms with Crippen molar-refractivity contribution in [2.45, 2.75) is 36.9 Å². The van der Waals surface area contributed by atoms with E-state index in [-0.39, 0.29) is 31.9 Å². The third-order valence-corrected chi connectivity index (χ3v) is 7.35. The van der Waals surface area contributed by atoms with E-state index >= 15 is 0 Å². The average molecular weight is 488 g/mol. The number of amides is 2. The van der Waals surface area contributed by atoms with E-state index in [1.165, 1.54) is 0 Å². The van der Waals surface area contributed by atoms with Gasteiger partial charge < -0.3 is 20.1 Å². The second-order valence-electron chi connectivity index (χ2n) is 9.39. The number of carboxylic acids is 1. The minimum atomic E-state index is -5.00. The van der Waals surface area contributed by atoms with E-state index in [4.69, 9.17) is 4.74 Å². The summed E-state index contributed by atoms with van der Waals surface area (Å²) in [6.45, 7) is -1.29. The summed E-state index contributed by atoms with van der Waals surface area (Å²) < 4.78 is 45.9. The molecule has 2 N–H and O–H groups in total. The van der Waals surface area contributed by atoms with Gasteiger partial charge in [0, 0.05) is 19.0 Å². The van der Waals surface area contributed by atoms with Crippen LogP contribution in [0.5, 0.6) is 0 Å². The normalized spacial score (nSPS) is 22.3. The highest BCUT2D eigenvalue weighted by Crippen LogP contribution is 2.48. The van der Waals surface area contributed by atoms with Crippen LogP contribution in [-0.2, 0) is 14.3 Å². The number of rotatable bonds is 5. The van der Waals surface area contributed by atoms with Gasteiger partial charge in [-0.05, 0) is 41.5 Å². The molecule has 7 nitrogen and oxygen atoms in total. The zero-order chi connectivity index (χ0) is 25.0. The average Bonchev–Trinajstić information content (AvgIpc) is 3.32. The molecule has 0 spiro atoms. The number of carboxylic acid groups (broad SMARTS) is 1. The fourth-order valence-corrected chi connectivity index (χ4v) is 5.16. The molecule has 1 aliphatic heterocycles. The molecule has 2 aromatic rings. The third-order valence-electron chi connectivity index (χ3n) is 7.35. The summed E-state index contributed by atoms with van der Waals surface area (Å²) in [5.41, 5.74) is -0.190. The van der Waals surface area contributed by atoms with Gasteiger partial charge in [0.2, 0.25) is 5.91 Å². The van der Waals surface area contributed by atoms with Gasteiger partial charge in [-0.15, -0.1) is 0 Å². The molecule has 184 valence electrons. The van der Waals surface area contributed by atoms with Crippen molar-refractivity contribution in [2.75, 3.05) is 19.7 Å². The summed E-state index contributed by atoms with van der Waals surface area (Å²) in [5.74, 6) is -2.89. The largest absolute Gasteiger partial charge is 0.481 e. The molecule has 2 aromatic carbocycles. The Hall–Kier alpha value is -3.56. The Morgan fingerprint density at radius 1 is 1.00 bits per heavy atom. The van der Waals surface area contributed by atoms with Crippen LogP contribution in [0.15, 0.2) is 48.5 Å². The van der Waals surface area contributed by atoms with Gasteiger partial charge in [-0.3, -0.25) is 9.59 Å².